The van der Waals surface area contributed by atoms with Crippen molar-refractivity contribution in [2.75, 3.05) is 0 Å². The van der Waals surface area contributed by atoms with E-state index in [9.17, 15) is 0 Å². The van der Waals surface area contributed by atoms with Crippen LogP contribution in [-0.4, -0.2) is 39.9 Å². The average molecular weight is 561 g/mol. The van der Waals surface area contributed by atoms with Gasteiger partial charge in [0.2, 0.25) is 0 Å². The van der Waals surface area contributed by atoms with Crippen molar-refractivity contribution in [1.29, 1.82) is 0 Å². The molecule has 0 radical (unpaired) electrons. The summed E-state index contributed by atoms with van der Waals surface area (Å²) in [7, 11) is 0. The molecular weight excluding hydrogens is 532 g/mol. The highest BCUT2D eigenvalue weighted by atomic mass is 14.9. The molecule has 8 heteroatoms. The highest BCUT2D eigenvalue weighted by molar-refractivity contribution is 5.86. The molecule has 0 saturated carbocycles. The molecule has 8 nitrogen and oxygen atoms in total. The summed E-state index contributed by atoms with van der Waals surface area (Å²) in [5.41, 5.74) is 12.0. The summed E-state index contributed by atoms with van der Waals surface area (Å²) in [5.74, 6) is 0. The van der Waals surface area contributed by atoms with Crippen molar-refractivity contribution in [3.63, 3.8) is 0 Å². The lowest BCUT2D eigenvalue weighted by Crippen LogP contribution is -2.20. The molecule has 0 atom stereocenters. The fourth-order valence-electron chi connectivity index (χ4n) is 5.65. The number of rotatable bonds is 6. The summed E-state index contributed by atoms with van der Waals surface area (Å²) in [6, 6.07) is 32.4. The van der Waals surface area contributed by atoms with Crippen LogP contribution in [0.3, 0.4) is 0 Å². The van der Waals surface area contributed by atoms with Crippen LogP contribution in [0.15, 0.2) is 109 Å². The number of nitrogens with zero attached hydrogens (tertiary/aromatic N) is 4. The molecule has 4 N–H and O–H groups in total. The number of fused-ring (bicyclic) bond motifs is 2. The van der Waals surface area contributed by atoms with Crippen LogP contribution in [0.5, 0.6) is 0 Å². The van der Waals surface area contributed by atoms with Crippen LogP contribution in [0.4, 0.5) is 0 Å². The molecule has 2 aromatic carbocycles. The summed E-state index contributed by atoms with van der Waals surface area (Å²) in [6.45, 7) is 4.41. The fraction of sp³-hybridized carbons (Fsp3) is 0.0857. The Hall–Kier alpha value is -5.76. The van der Waals surface area contributed by atoms with Gasteiger partial charge in [0.25, 0.3) is 0 Å². The monoisotopic (exact) mass is 560 g/mol. The third-order valence-corrected chi connectivity index (χ3v) is 8.08. The highest BCUT2D eigenvalue weighted by Gasteiger charge is 2.28. The molecule has 0 saturated heterocycles. The molecule has 0 spiro atoms. The van der Waals surface area contributed by atoms with E-state index in [0.29, 0.717) is 0 Å². The van der Waals surface area contributed by atoms with Gasteiger partial charge in [0.05, 0.1) is 44.8 Å². The van der Waals surface area contributed by atoms with E-state index in [1.54, 1.807) is 0 Å². The lowest BCUT2D eigenvalue weighted by Gasteiger charge is -2.22. The zero-order valence-electron chi connectivity index (χ0n) is 23.7. The van der Waals surface area contributed by atoms with E-state index in [1.807, 2.05) is 85.2 Å². The molecule has 8 rings (SSSR count). The number of hydrogen-bond acceptors (Lipinski definition) is 4. The Balaban J connectivity index is 1.20. The largest absolute Gasteiger partial charge is 0.360 e. The van der Waals surface area contributed by atoms with Gasteiger partial charge in [0.1, 0.15) is 22.8 Å². The molecule has 6 aromatic heterocycles. The minimum absolute atomic E-state index is 0.371. The molecule has 6 heterocycles. The molecular formula is C35H28N8. The first-order valence-electron chi connectivity index (χ1n) is 14.3. The number of hydrogen-bond donors (Lipinski definition) is 4. The molecule has 43 heavy (non-hydrogen) atoms. The molecule has 0 amide bonds. The maximum Gasteiger partial charge on any atom is 0.115 e. The SMILES string of the molecule is CC(C)(c1ccc(-c2nc3ccccc3nc2-c2ccc[nH]2)[nH]1)c1ccc(-c2nc3ccccc3nc2-c2ccc[nH]2)[nH]1. The zero-order chi connectivity index (χ0) is 29.0. The van der Waals surface area contributed by atoms with Crippen molar-refractivity contribution in [1.82, 2.24) is 39.9 Å². The van der Waals surface area contributed by atoms with Gasteiger partial charge in [-0.15, -0.1) is 0 Å². The zero-order valence-corrected chi connectivity index (χ0v) is 23.7. The maximum absolute atomic E-state index is 5.03. The van der Waals surface area contributed by atoms with Crippen LogP contribution in [-0.2, 0) is 5.41 Å². The normalized spacial score (nSPS) is 12.0. The Kier molecular flexibility index (Phi) is 5.62. The molecule has 0 fully saturated rings. The van der Waals surface area contributed by atoms with Crippen LogP contribution in [0.25, 0.3) is 67.6 Å². The second-order valence-corrected chi connectivity index (χ2v) is 11.2. The van der Waals surface area contributed by atoms with E-state index < -0.39 is 0 Å². The van der Waals surface area contributed by atoms with E-state index in [4.69, 9.17) is 19.9 Å². The Morgan fingerprint density at radius 1 is 0.419 bits per heavy atom. The van der Waals surface area contributed by atoms with Crippen LogP contribution >= 0.6 is 0 Å². The summed E-state index contributed by atoms with van der Waals surface area (Å²) in [5, 5.41) is 0. The van der Waals surface area contributed by atoms with Crippen molar-refractivity contribution in [2.45, 2.75) is 19.3 Å². The summed E-state index contributed by atoms with van der Waals surface area (Å²) in [6.07, 6.45) is 3.81. The molecule has 0 aliphatic heterocycles. The first-order chi connectivity index (χ1) is 21.0. The third-order valence-electron chi connectivity index (χ3n) is 8.08. The van der Waals surface area contributed by atoms with Gasteiger partial charge in [-0.25, -0.2) is 19.9 Å². The van der Waals surface area contributed by atoms with Gasteiger partial charge in [-0.3, -0.25) is 0 Å². The van der Waals surface area contributed by atoms with Gasteiger partial charge < -0.3 is 19.9 Å². The first kappa shape index (κ1) is 25.0. The number of benzene rings is 2. The Labute approximate surface area is 247 Å². The average Bonchev–Trinajstić information content (AvgIpc) is 3.87. The summed E-state index contributed by atoms with van der Waals surface area (Å²) in [4.78, 5) is 34.0. The highest BCUT2D eigenvalue weighted by Crippen LogP contribution is 2.37. The van der Waals surface area contributed by atoms with Crippen molar-refractivity contribution < 1.29 is 0 Å². The van der Waals surface area contributed by atoms with E-state index in [-0.39, 0.29) is 5.41 Å². The third kappa shape index (κ3) is 4.23. The molecule has 8 aromatic rings. The van der Waals surface area contributed by atoms with Gasteiger partial charge in [0, 0.05) is 29.2 Å². The van der Waals surface area contributed by atoms with Gasteiger partial charge >= 0.3 is 0 Å². The van der Waals surface area contributed by atoms with E-state index in [2.05, 4.69) is 58.0 Å². The lowest BCUT2D eigenvalue weighted by atomic mass is 9.86. The summed E-state index contributed by atoms with van der Waals surface area (Å²) >= 11 is 0. The van der Waals surface area contributed by atoms with Crippen LogP contribution in [0.2, 0.25) is 0 Å². The van der Waals surface area contributed by atoms with E-state index in [1.165, 1.54) is 0 Å². The van der Waals surface area contributed by atoms with Gasteiger partial charge in [-0.05, 0) is 86.6 Å². The van der Waals surface area contributed by atoms with Crippen molar-refractivity contribution in [2.24, 2.45) is 0 Å². The molecule has 0 aliphatic carbocycles. The van der Waals surface area contributed by atoms with Gasteiger partial charge in [0.15, 0.2) is 0 Å². The number of H-pyrrole nitrogens is 4. The summed E-state index contributed by atoms with van der Waals surface area (Å²) < 4.78 is 0. The van der Waals surface area contributed by atoms with E-state index in [0.717, 1.165) is 79.0 Å². The minimum atomic E-state index is -0.371. The Morgan fingerprint density at radius 2 is 0.791 bits per heavy atom. The van der Waals surface area contributed by atoms with Crippen LogP contribution in [0, 0.1) is 0 Å². The maximum atomic E-state index is 5.03. The first-order valence-corrected chi connectivity index (χ1v) is 14.3. The van der Waals surface area contributed by atoms with Crippen LogP contribution in [0.1, 0.15) is 25.2 Å². The second-order valence-electron chi connectivity index (χ2n) is 11.2. The second kappa shape index (κ2) is 9.66. The predicted molar refractivity (Wildman–Crippen MR) is 170 cm³/mol. The van der Waals surface area contributed by atoms with Crippen LogP contribution < -0.4 is 0 Å². The minimum Gasteiger partial charge on any atom is -0.360 e. The quantitative estimate of drug-likeness (QED) is 0.166. The lowest BCUT2D eigenvalue weighted by molar-refractivity contribution is 0.604. The van der Waals surface area contributed by atoms with Crippen molar-refractivity contribution >= 4 is 22.1 Å². The van der Waals surface area contributed by atoms with Gasteiger partial charge in [-0.1, -0.05) is 24.3 Å². The molecule has 0 unspecified atom stereocenters. The number of nitrogens with one attached hydrogen (secondary N) is 4. The van der Waals surface area contributed by atoms with Gasteiger partial charge in [-0.2, -0.15) is 0 Å². The smallest absolute Gasteiger partial charge is 0.115 e. The fourth-order valence-corrected chi connectivity index (χ4v) is 5.65. The number of para-hydroxylation sites is 4. The van der Waals surface area contributed by atoms with Crippen molar-refractivity contribution in [3.8, 4) is 45.6 Å². The standard InChI is InChI=1S/C35H28N8/c1-35(2,29-17-15-27(38-29)33-31(25-13-7-19-36-25)40-21-9-3-5-11-23(21)42-33)30-18-16-28(39-30)34-32(26-14-8-20-37-26)41-22-10-4-6-12-24(22)43-34/h3-20,36-39H,1-2H3. The van der Waals surface area contributed by atoms with Crippen molar-refractivity contribution in [3.05, 3.63) is 121 Å². The predicted octanol–water partition coefficient (Wildman–Crippen LogP) is 7.88. The number of aromatic amines is 4. The van der Waals surface area contributed by atoms with E-state index >= 15 is 0 Å². The molecule has 208 valence electrons. The molecule has 0 aliphatic rings. The number of aromatic nitrogens is 8. The topological polar surface area (TPSA) is 115 Å². The molecule has 0 bridgehead atoms. The Morgan fingerprint density at radius 3 is 1.14 bits per heavy atom. The Bertz CT molecular complexity index is 2060.